The summed E-state index contributed by atoms with van der Waals surface area (Å²) >= 11 is 0. The van der Waals surface area contributed by atoms with Crippen molar-refractivity contribution in [1.29, 1.82) is 0 Å². The summed E-state index contributed by atoms with van der Waals surface area (Å²) in [7, 11) is 0. The third-order valence-corrected chi connectivity index (χ3v) is 1.45. The van der Waals surface area contributed by atoms with Crippen molar-refractivity contribution in [2.45, 2.75) is 12.6 Å². The van der Waals surface area contributed by atoms with Crippen LogP contribution in [0.4, 0.5) is 13.2 Å². The molecule has 0 aliphatic rings. The molecule has 1 rings (SSSR count). The van der Waals surface area contributed by atoms with Crippen molar-refractivity contribution in [1.82, 2.24) is 4.98 Å². The number of alkyl halides is 3. The van der Waals surface area contributed by atoms with Crippen molar-refractivity contribution in [3.05, 3.63) is 29.6 Å². The first kappa shape index (κ1) is 10.5. The van der Waals surface area contributed by atoms with E-state index >= 15 is 0 Å². The third-order valence-electron chi connectivity index (χ3n) is 1.45. The average molecular weight is 205 g/mol. The Hall–Kier alpha value is -1.59. The first-order valence-corrected chi connectivity index (χ1v) is 3.62. The Morgan fingerprint density at radius 1 is 1.43 bits per heavy atom. The first-order valence-electron chi connectivity index (χ1n) is 3.62. The van der Waals surface area contributed by atoms with Crippen LogP contribution >= 0.6 is 0 Å². The van der Waals surface area contributed by atoms with Crippen molar-refractivity contribution in [2.24, 2.45) is 0 Å². The molecule has 0 spiro atoms. The maximum Gasteiger partial charge on any atom is 0.393 e. The Bertz CT molecular complexity index is 349. The number of aromatic nitrogens is 1. The summed E-state index contributed by atoms with van der Waals surface area (Å²) in [6.45, 7) is 0. The van der Waals surface area contributed by atoms with E-state index in [1.807, 2.05) is 0 Å². The molecule has 1 aromatic heterocycles. The fourth-order valence-corrected chi connectivity index (χ4v) is 0.933. The summed E-state index contributed by atoms with van der Waals surface area (Å²) in [4.78, 5) is 13.8. The number of carboxylic acids is 1. The molecule has 3 nitrogen and oxygen atoms in total. The Labute approximate surface area is 77.2 Å². The molecule has 0 aromatic carbocycles. The lowest BCUT2D eigenvalue weighted by Crippen LogP contribution is -2.12. The molecule has 0 saturated carbocycles. The second-order valence-corrected chi connectivity index (χ2v) is 2.68. The number of pyridine rings is 1. The molecule has 76 valence electrons. The van der Waals surface area contributed by atoms with Gasteiger partial charge in [0, 0.05) is 12.4 Å². The van der Waals surface area contributed by atoms with Gasteiger partial charge in [-0.2, -0.15) is 13.2 Å². The van der Waals surface area contributed by atoms with Crippen LogP contribution in [0.5, 0.6) is 0 Å². The lowest BCUT2D eigenvalue weighted by molar-refractivity contribution is -0.127. The molecule has 0 saturated heterocycles. The van der Waals surface area contributed by atoms with E-state index < -0.39 is 18.6 Å². The minimum Gasteiger partial charge on any atom is -0.478 e. The van der Waals surface area contributed by atoms with Gasteiger partial charge in [0.2, 0.25) is 0 Å². The van der Waals surface area contributed by atoms with Crippen molar-refractivity contribution in [3.8, 4) is 0 Å². The molecule has 0 fully saturated rings. The standard InChI is InChI=1S/C8H6F3NO2/c9-8(10,11)2-5-1-6(7(13)14)4-12-3-5/h1,3-4H,2H2,(H,13,14). The van der Waals surface area contributed by atoms with E-state index in [0.29, 0.717) is 0 Å². The molecule has 0 aliphatic carbocycles. The summed E-state index contributed by atoms with van der Waals surface area (Å²) in [6, 6.07) is 0.961. The third kappa shape index (κ3) is 3.04. The zero-order chi connectivity index (χ0) is 10.8. The van der Waals surface area contributed by atoms with E-state index in [1.165, 1.54) is 0 Å². The molecule has 0 aliphatic heterocycles. The molecule has 1 aromatic rings. The fourth-order valence-electron chi connectivity index (χ4n) is 0.933. The quantitative estimate of drug-likeness (QED) is 0.801. The van der Waals surface area contributed by atoms with Crippen LogP contribution in [0.25, 0.3) is 0 Å². The minimum atomic E-state index is -4.35. The van der Waals surface area contributed by atoms with E-state index in [1.54, 1.807) is 0 Å². The maximum atomic E-state index is 11.9. The van der Waals surface area contributed by atoms with Gasteiger partial charge in [-0.25, -0.2) is 4.79 Å². The van der Waals surface area contributed by atoms with E-state index in [9.17, 15) is 18.0 Å². The summed E-state index contributed by atoms with van der Waals surface area (Å²) in [5.74, 6) is -1.29. The normalized spacial score (nSPS) is 11.4. The van der Waals surface area contributed by atoms with E-state index in [-0.39, 0.29) is 11.1 Å². The van der Waals surface area contributed by atoms with Crippen LogP contribution < -0.4 is 0 Å². The number of hydrogen-bond donors (Lipinski definition) is 1. The van der Waals surface area contributed by atoms with E-state index in [4.69, 9.17) is 5.11 Å². The van der Waals surface area contributed by atoms with Gasteiger partial charge in [-0.15, -0.1) is 0 Å². The molecule has 6 heteroatoms. The predicted octanol–water partition coefficient (Wildman–Crippen LogP) is 1.88. The first-order chi connectivity index (χ1) is 6.38. The lowest BCUT2D eigenvalue weighted by atomic mass is 10.1. The zero-order valence-electron chi connectivity index (χ0n) is 6.88. The molecular weight excluding hydrogens is 199 g/mol. The van der Waals surface area contributed by atoms with Gasteiger partial charge in [0.1, 0.15) is 0 Å². The largest absolute Gasteiger partial charge is 0.478 e. The number of aromatic carboxylic acids is 1. The number of carbonyl (C=O) groups is 1. The molecule has 0 bridgehead atoms. The molecule has 0 amide bonds. The number of nitrogens with zero attached hydrogens (tertiary/aromatic N) is 1. The van der Waals surface area contributed by atoms with Gasteiger partial charge >= 0.3 is 12.1 Å². The number of hydrogen-bond acceptors (Lipinski definition) is 2. The fraction of sp³-hybridized carbons (Fsp3) is 0.250. The monoisotopic (exact) mass is 205 g/mol. The lowest BCUT2D eigenvalue weighted by Gasteiger charge is -2.05. The van der Waals surface area contributed by atoms with Crippen molar-refractivity contribution in [3.63, 3.8) is 0 Å². The van der Waals surface area contributed by atoms with Gasteiger partial charge in [0.15, 0.2) is 0 Å². The van der Waals surface area contributed by atoms with Crippen LogP contribution in [-0.4, -0.2) is 22.2 Å². The van der Waals surface area contributed by atoms with Crippen molar-refractivity contribution in [2.75, 3.05) is 0 Å². The highest BCUT2D eigenvalue weighted by molar-refractivity contribution is 5.87. The van der Waals surface area contributed by atoms with E-state index in [0.717, 1.165) is 18.5 Å². The number of rotatable bonds is 2. The van der Waals surface area contributed by atoms with Gasteiger partial charge in [-0.1, -0.05) is 0 Å². The summed E-state index contributed by atoms with van der Waals surface area (Å²) in [6.07, 6.45) is -3.51. The minimum absolute atomic E-state index is 0.155. The SMILES string of the molecule is O=C(O)c1cncc(CC(F)(F)F)c1. The van der Waals surface area contributed by atoms with Crippen LogP contribution in [0.3, 0.4) is 0 Å². The number of carboxylic acid groups (broad SMARTS) is 1. The molecule has 0 atom stereocenters. The van der Waals surface area contributed by atoms with E-state index in [2.05, 4.69) is 4.98 Å². The van der Waals surface area contributed by atoms with Gasteiger partial charge in [-0.3, -0.25) is 4.98 Å². The molecule has 1 N–H and O–H groups in total. The Kier molecular flexibility index (Phi) is 2.73. The van der Waals surface area contributed by atoms with Gasteiger partial charge in [0.05, 0.1) is 12.0 Å². The molecular formula is C8H6F3NO2. The van der Waals surface area contributed by atoms with Crippen LogP contribution in [0.1, 0.15) is 15.9 Å². The molecule has 14 heavy (non-hydrogen) atoms. The molecule has 1 heterocycles. The van der Waals surface area contributed by atoms with Gasteiger partial charge in [0.25, 0.3) is 0 Å². The van der Waals surface area contributed by atoms with Crippen LogP contribution in [-0.2, 0) is 6.42 Å². The second-order valence-electron chi connectivity index (χ2n) is 2.68. The van der Waals surface area contributed by atoms with Gasteiger partial charge < -0.3 is 5.11 Å². The zero-order valence-corrected chi connectivity index (χ0v) is 6.88. The highest BCUT2D eigenvalue weighted by atomic mass is 19.4. The Morgan fingerprint density at radius 3 is 2.57 bits per heavy atom. The highest BCUT2D eigenvalue weighted by Gasteiger charge is 2.27. The second kappa shape index (κ2) is 3.65. The summed E-state index contributed by atoms with van der Waals surface area (Å²) in [5, 5.41) is 8.49. The Balaban J connectivity index is 2.89. The topological polar surface area (TPSA) is 50.2 Å². The molecule has 0 unspecified atom stereocenters. The summed E-state index contributed by atoms with van der Waals surface area (Å²) < 4.78 is 35.7. The van der Waals surface area contributed by atoms with Crippen LogP contribution in [0.2, 0.25) is 0 Å². The highest BCUT2D eigenvalue weighted by Crippen LogP contribution is 2.21. The van der Waals surface area contributed by atoms with Crippen molar-refractivity contribution >= 4 is 5.97 Å². The van der Waals surface area contributed by atoms with Crippen molar-refractivity contribution < 1.29 is 23.1 Å². The number of halogens is 3. The molecule has 0 radical (unpaired) electrons. The predicted molar refractivity (Wildman–Crippen MR) is 41.0 cm³/mol. The maximum absolute atomic E-state index is 11.9. The summed E-state index contributed by atoms with van der Waals surface area (Å²) in [5.41, 5.74) is -0.399. The van der Waals surface area contributed by atoms with Crippen LogP contribution in [0.15, 0.2) is 18.5 Å². The van der Waals surface area contributed by atoms with Crippen LogP contribution in [0, 0.1) is 0 Å². The smallest absolute Gasteiger partial charge is 0.393 e. The average Bonchev–Trinajstić information content (AvgIpc) is 2.01. The Morgan fingerprint density at radius 2 is 2.07 bits per heavy atom. The van der Waals surface area contributed by atoms with Gasteiger partial charge in [-0.05, 0) is 11.6 Å².